The van der Waals surface area contributed by atoms with E-state index >= 15 is 0 Å². The molecule has 1 saturated heterocycles. The molecule has 2 atom stereocenters. The summed E-state index contributed by atoms with van der Waals surface area (Å²) in [5.41, 5.74) is 1.18. The van der Waals surface area contributed by atoms with E-state index in [9.17, 15) is 0 Å². The minimum Gasteiger partial charge on any atom is -0.370 e. The van der Waals surface area contributed by atoms with Crippen LogP contribution in [0.1, 0.15) is 45.7 Å². The number of nitrogens with one attached hydrogen (secondary N) is 1. The number of anilines is 1. The van der Waals surface area contributed by atoms with E-state index in [-0.39, 0.29) is 0 Å². The van der Waals surface area contributed by atoms with Crippen LogP contribution in [0, 0.1) is 0 Å². The Labute approximate surface area is 111 Å². The van der Waals surface area contributed by atoms with E-state index in [2.05, 4.69) is 48.1 Å². The molecule has 0 aromatic carbocycles. The first kappa shape index (κ1) is 13.3. The Kier molecular flexibility index (Phi) is 4.59. The van der Waals surface area contributed by atoms with Gasteiger partial charge in [-0.25, -0.2) is 4.98 Å². The van der Waals surface area contributed by atoms with Gasteiger partial charge in [-0.3, -0.25) is 4.90 Å². The third-order valence-electron chi connectivity index (χ3n) is 3.89. The summed E-state index contributed by atoms with van der Waals surface area (Å²) in [4.78, 5) is 7.26. The Morgan fingerprint density at radius 2 is 2.00 bits per heavy atom. The maximum absolute atomic E-state index is 4.67. The molecule has 0 aliphatic carbocycles. The molecule has 0 amide bonds. The van der Waals surface area contributed by atoms with Crippen molar-refractivity contribution in [1.82, 2.24) is 9.88 Å². The Morgan fingerprint density at radius 3 is 2.67 bits per heavy atom. The van der Waals surface area contributed by atoms with E-state index in [1.54, 1.807) is 0 Å². The molecular weight excluding hydrogens is 222 g/mol. The van der Waals surface area contributed by atoms with Crippen LogP contribution in [0.25, 0.3) is 0 Å². The quantitative estimate of drug-likeness (QED) is 0.885. The van der Waals surface area contributed by atoms with Crippen LogP contribution < -0.4 is 5.32 Å². The van der Waals surface area contributed by atoms with Crippen LogP contribution in [-0.4, -0.2) is 28.5 Å². The molecule has 0 bridgehead atoms. The number of rotatable bonds is 4. The van der Waals surface area contributed by atoms with Gasteiger partial charge in [-0.1, -0.05) is 12.5 Å². The van der Waals surface area contributed by atoms with Gasteiger partial charge in [0.05, 0.1) is 5.69 Å². The van der Waals surface area contributed by atoms with Crippen LogP contribution in [-0.2, 0) is 6.54 Å². The summed E-state index contributed by atoms with van der Waals surface area (Å²) in [6, 6.07) is 7.63. The summed E-state index contributed by atoms with van der Waals surface area (Å²) in [6.07, 6.45) is 4.00. The zero-order valence-electron chi connectivity index (χ0n) is 11.8. The summed E-state index contributed by atoms with van der Waals surface area (Å²) in [6.45, 7) is 8.67. The molecule has 18 heavy (non-hydrogen) atoms. The molecule has 1 N–H and O–H groups in total. The second-order valence-corrected chi connectivity index (χ2v) is 5.35. The van der Waals surface area contributed by atoms with Crippen LogP contribution >= 0.6 is 0 Å². The predicted molar refractivity (Wildman–Crippen MR) is 76.7 cm³/mol. The van der Waals surface area contributed by atoms with Gasteiger partial charge in [0.2, 0.25) is 0 Å². The van der Waals surface area contributed by atoms with Crippen molar-refractivity contribution in [3.63, 3.8) is 0 Å². The number of hydrogen-bond donors (Lipinski definition) is 1. The molecular formula is C15H25N3. The number of aromatic nitrogens is 1. The maximum atomic E-state index is 4.67. The molecule has 0 spiro atoms. The average Bonchev–Trinajstić information content (AvgIpc) is 2.35. The third kappa shape index (κ3) is 3.22. The van der Waals surface area contributed by atoms with Gasteiger partial charge < -0.3 is 5.32 Å². The molecule has 100 valence electrons. The highest BCUT2D eigenvalue weighted by atomic mass is 15.2. The molecule has 0 radical (unpaired) electrons. The molecule has 2 rings (SSSR count). The van der Waals surface area contributed by atoms with Crippen molar-refractivity contribution in [3.05, 3.63) is 23.9 Å². The fraction of sp³-hybridized carbons (Fsp3) is 0.667. The smallest absolute Gasteiger partial charge is 0.126 e. The summed E-state index contributed by atoms with van der Waals surface area (Å²) < 4.78 is 0. The molecule has 2 unspecified atom stereocenters. The highest BCUT2D eigenvalue weighted by Gasteiger charge is 2.24. The predicted octanol–water partition coefficient (Wildman–Crippen LogP) is 3.28. The highest BCUT2D eigenvalue weighted by molar-refractivity contribution is 5.35. The zero-order valence-corrected chi connectivity index (χ0v) is 11.8. The Balaban J connectivity index is 2.05. The summed E-state index contributed by atoms with van der Waals surface area (Å²) in [7, 11) is 0. The van der Waals surface area contributed by atoms with Crippen LogP contribution in [0.3, 0.4) is 0 Å². The van der Waals surface area contributed by atoms with Gasteiger partial charge in [0, 0.05) is 25.2 Å². The topological polar surface area (TPSA) is 28.2 Å². The summed E-state index contributed by atoms with van der Waals surface area (Å²) >= 11 is 0. The lowest BCUT2D eigenvalue weighted by Crippen LogP contribution is -2.43. The van der Waals surface area contributed by atoms with Crippen LogP contribution in [0.5, 0.6) is 0 Å². The lowest BCUT2D eigenvalue weighted by Gasteiger charge is -2.38. The molecule has 3 heteroatoms. The van der Waals surface area contributed by atoms with Crippen molar-refractivity contribution >= 4 is 5.82 Å². The standard InChI is InChI=1S/C15H25N3/c1-4-16-15-10-6-9-14(17-15)11-18-12(2)7-5-8-13(18)3/h6,9-10,12-13H,4-5,7-8,11H2,1-3H3,(H,16,17). The molecule has 3 nitrogen and oxygen atoms in total. The number of hydrogen-bond acceptors (Lipinski definition) is 3. The van der Waals surface area contributed by atoms with E-state index in [1.165, 1.54) is 25.0 Å². The Bertz CT molecular complexity index is 368. The van der Waals surface area contributed by atoms with Gasteiger partial charge in [0.1, 0.15) is 5.82 Å². The van der Waals surface area contributed by atoms with Gasteiger partial charge in [0.25, 0.3) is 0 Å². The van der Waals surface area contributed by atoms with Gasteiger partial charge in [-0.2, -0.15) is 0 Å². The van der Waals surface area contributed by atoms with Crippen molar-refractivity contribution in [1.29, 1.82) is 0 Å². The van der Waals surface area contributed by atoms with E-state index in [4.69, 9.17) is 0 Å². The Hall–Kier alpha value is -1.09. The summed E-state index contributed by atoms with van der Waals surface area (Å²) in [5, 5.41) is 3.28. The molecule has 1 aromatic rings. The lowest BCUT2D eigenvalue weighted by atomic mass is 9.97. The second kappa shape index (κ2) is 6.19. The minimum atomic E-state index is 0.679. The SMILES string of the molecule is CCNc1cccc(CN2C(C)CCCC2C)n1. The molecule has 1 aromatic heterocycles. The second-order valence-electron chi connectivity index (χ2n) is 5.35. The first-order valence-electron chi connectivity index (χ1n) is 7.16. The van der Waals surface area contributed by atoms with Crippen molar-refractivity contribution in [2.45, 2.75) is 58.7 Å². The minimum absolute atomic E-state index is 0.679. The number of nitrogens with zero attached hydrogens (tertiary/aromatic N) is 2. The van der Waals surface area contributed by atoms with E-state index in [1.807, 2.05) is 6.07 Å². The molecule has 2 heterocycles. The van der Waals surface area contributed by atoms with Gasteiger partial charge in [-0.05, 0) is 45.7 Å². The van der Waals surface area contributed by atoms with Crippen molar-refractivity contribution < 1.29 is 0 Å². The third-order valence-corrected chi connectivity index (χ3v) is 3.89. The van der Waals surface area contributed by atoms with E-state index in [0.29, 0.717) is 12.1 Å². The lowest BCUT2D eigenvalue weighted by molar-refractivity contribution is 0.0939. The molecule has 0 saturated carbocycles. The van der Waals surface area contributed by atoms with Crippen LogP contribution in [0.4, 0.5) is 5.82 Å². The van der Waals surface area contributed by atoms with Crippen molar-refractivity contribution in [2.75, 3.05) is 11.9 Å². The van der Waals surface area contributed by atoms with Gasteiger partial charge in [0.15, 0.2) is 0 Å². The first-order valence-corrected chi connectivity index (χ1v) is 7.16. The Morgan fingerprint density at radius 1 is 1.28 bits per heavy atom. The highest BCUT2D eigenvalue weighted by Crippen LogP contribution is 2.24. The monoisotopic (exact) mass is 247 g/mol. The molecule has 1 aliphatic heterocycles. The van der Waals surface area contributed by atoms with E-state index < -0.39 is 0 Å². The van der Waals surface area contributed by atoms with Crippen LogP contribution in [0.15, 0.2) is 18.2 Å². The van der Waals surface area contributed by atoms with Crippen LogP contribution in [0.2, 0.25) is 0 Å². The average molecular weight is 247 g/mol. The summed E-state index contributed by atoms with van der Waals surface area (Å²) in [5.74, 6) is 0.993. The van der Waals surface area contributed by atoms with Crippen molar-refractivity contribution in [2.24, 2.45) is 0 Å². The fourth-order valence-corrected chi connectivity index (χ4v) is 2.82. The number of likely N-dealkylation sites (tertiary alicyclic amines) is 1. The number of pyridine rings is 1. The molecule has 1 fully saturated rings. The normalized spacial score (nSPS) is 25.1. The van der Waals surface area contributed by atoms with Gasteiger partial charge in [-0.15, -0.1) is 0 Å². The first-order chi connectivity index (χ1) is 8.70. The number of piperidine rings is 1. The molecule has 1 aliphatic rings. The van der Waals surface area contributed by atoms with E-state index in [0.717, 1.165) is 18.9 Å². The zero-order chi connectivity index (χ0) is 13.0. The fourth-order valence-electron chi connectivity index (χ4n) is 2.82. The maximum Gasteiger partial charge on any atom is 0.126 e. The van der Waals surface area contributed by atoms with Gasteiger partial charge >= 0.3 is 0 Å². The largest absolute Gasteiger partial charge is 0.370 e. The van der Waals surface area contributed by atoms with Crippen molar-refractivity contribution in [3.8, 4) is 0 Å².